The number of methoxy groups -OCH3 is 1. The molecule has 4 saturated carbocycles. The molecule has 192 valence electrons. The average Bonchev–Trinajstić information content (AvgIpc) is 3.52. The van der Waals surface area contributed by atoms with Crippen LogP contribution in [0.3, 0.4) is 0 Å². The van der Waals surface area contributed by atoms with Crippen LogP contribution in [0.4, 0.5) is 0 Å². The van der Waals surface area contributed by atoms with E-state index in [9.17, 15) is 15.4 Å². The molecular formula is C29H41NO5. The molecule has 8 rings (SSSR count). The van der Waals surface area contributed by atoms with Crippen LogP contribution in [0.5, 0.6) is 11.5 Å². The standard InChI is InChI=1S/C29H41NO5/c1-25(2,3)26(4,32)20-15-27-10-11-29(20,34-5)24-28(27)12-13-30(33,16-17-6-7-17)21(27)14-18-8-9-19(31)23(35-24)22(18)28/h8-9,17,20-21,24,31-32H,6-7,10-16H2,1-5H3/t20-,21-,24-,26-,27-,28+,29-,30?/m1/s1. The molecule has 7 aliphatic rings. The molecule has 8 atom stereocenters. The number of benzene rings is 1. The van der Waals surface area contributed by atoms with Gasteiger partial charge in [-0.3, -0.25) is 0 Å². The van der Waals surface area contributed by atoms with Crippen molar-refractivity contribution >= 4 is 0 Å². The van der Waals surface area contributed by atoms with Crippen LogP contribution in [0.1, 0.15) is 77.3 Å². The van der Waals surface area contributed by atoms with E-state index in [1.54, 1.807) is 13.2 Å². The Morgan fingerprint density at radius 3 is 2.57 bits per heavy atom. The molecule has 5 fully saturated rings. The molecular weight excluding hydrogens is 442 g/mol. The molecule has 1 saturated heterocycles. The number of piperidine rings is 1. The number of aromatic hydroxyl groups is 1. The van der Waals surface area contributed by atoms with Crippen LogP contribution in [0.15, 0.2) is 12.1 Å². The highest BCUT2D eigenvalue weighted by atomic mass is 16.6. The molecule has 1 aromatic rings. The lowest BCUT2D eigenvalue weighted by molar-refractivity contribution is -0.926. The van der Waals surface area contributed by atoms with Crippen LogP contribution >= 0.6 is 0 Å². The number of aliphatic hydroxyl groups is 1. The summed E-state index contributed by atoms with van der Waals surface area (Å²) in [4.78, 5) is 0. The van der Waals surface area contributed by atoms with Gasteiger partial charge in [0.2, 0.25) is 0 Å². The third kappa shape index (κ3) is 2.38. The fraction of sp³-hybridized carbons (Fsp3) is 0.793. The lowest BCUT2D eigenvalue weighted by Crippen LogP contribution is -2.85. The van der Waals surface area contributed by atoms with Gasteiger partial charge in [0.05, 0.1) is 30.1 Å². The van der Waals surface area contributed by atoms with Crippen LogP contribution < -0.4 is 4.74 Å². The van der Waals surface area contributed by atoms with Gasteiger partial charge in [0.15, 0.2) is 11.5 Å². The van der Waals surface area contributed by atoms with Gasteiger partial charge in [-0.25, -0.2) is 0 Å². The largest absolute Gasteiger partial charge is 0.633 e. The van der Waals surface area contributed by atoms with Crippen molar-refractivity contribution in [3.63, 3.8) is 0 Å². The molecule has 2 N–H and O–H groups in total. The number of likely N-dealkylation sites (tertiary alicyclic amines) is 1. The van der Waals surface area contributed by atoms with E-state index in [1.165, 1.54) is 18.4 Å². The second-order valence-corrected chi connectivity index (χ2v) is 14.2. The second kappa shape index (κ2) is 6.38. The summed E-state index contributed by atoms with van der Waals surface area (Å²) in [6.07, 6.45) is 6.03. The summed E-state index contributed by atoms with van der Waals surface area (Å²) in [6.45, 7) is 9.60. The third-order valence-corrected chi connectivity index (χ3v) is 12.1. The molecule has 5 aliphatic carbocycles. The zero-order valence-corrected chi connectivity index (χ0v) is 21.9. The van der Waals surface area contributed by atoms with Crippen molar-refractivity contribution in [2.45, 2.75) is 101 Å². The Bertz CT molecular complexity index is 1110. The smallest absolute Gasteiger partial charge is 0.165 e. The molecule has 4 bridgehead atoms. The first-order valence-electron chi connectivity index (χ1n) is 13.7. The number of hydrogen-bond acceptors (Lipinski definition) is 5. The van der Waals surface area contributed by atoms with E-state index in [-0.39, 0.29) is 44.7 Å². The molecule has 2 spiro atoms. The molecule has 1 aromatic carbocycles. The van der Waals surface area contributed by atoms with Crippen molar-refractivity contribution in [3.05, 3.63) is 28.5 Å². The number of nitrogens with zero attached hydrogens (tertiary/aromatic N) is 1. The van der Waals surface area contributed by atoms with Crippen molar-refractivity contribution in [1.82, 2.24) is 0 Å². The van der Waals surface area contributed by atoms with Gasteiger partial charge >= 0.3 is 0 Å². The van der Waals surface area contributed by atoms with E-state index < -0.39 is 11.2 Å². The molecule has 6 heteroatoms. The first kappa shape index (κ1) is 22.8. The van der Waals surface area contributed by atoms with Gasteiger partial charge in [-0.05, 0) is 56.1 Å². The Hall–Kier alpha value is -1.34. The highest BCUT2D eigenvalue weighted by molar-refractivity contribution is 5.63. The van der Waals surface area contributed by atoms with Gasteiger partial charge in [0.25, 0.3) is 0 Å². The molecule has 2 heterocycles. The van der Waals surface area contributed by atoms with Crippen LogP contribution in [0.25, 0.3) is 0 Å². The van der Waals surface area contributed by atoms with Crippen molar-refractivity contribution in [3.8, 4) is 11.5 Å². The number of phenolic OH excluding ortho intramolecular Hbond substituents is 1. The van der Waals surface area contributed by atoms with E-state index in [2.05, 4.69) is 20.8 Å². The summed E-state index contributed by atoms with van der Waals surface area (Å²) in [6, 6.07) is 3.75. The van der Waals surface area contributed by atoms with E-state index in [0.717, 1.165) is 44.2 Å². The fourth-order valence-electron chi connectivity index (χ4n) is 9.87. The normalized spacial score (nSPS) is 46.7. The summed E-state index contributed by atoms with van der Waals surface area (Å²) in [7, 11) is 1.78. The molecule has 2 aliphatic heterocycles. The SMILES string of the molecule is CO[C@]12CC[C@@]3(C[C@@H]1[C@@](C)(O)C(C)(C)C)[C@H]1Cc4ccc(O)c5c4[C@@]3(CC[N+]1([O-])CC1CC1)[C@H]2O5. The minimum atomic E-state index is -1.01. The predicted octanol–water partition coefficient (Wildman–Crippen LogP) is 4.43. The Morgan fingerprint density at radius 1 is 1.17 bits per heavy atom. The molecule has 0 aromatic heterocycles. The highest BCUT2D eigenvalue weighted by Gasteiger charge is 2.84. The van der Waals surface area contributed by atoms with E-state index in [1.807, 2.05) is 13.0 Å². The number of ether oxygens (including phenoxy) is 2. The maximum Gasteiger partial charge on any atom is 0.165 e. The molecule has 6 nitrogen and oxygen atoms in total. The molecule has 1 unspecified atom stereocenters. The minimum Gasteiger partial charge on any atom is -0.633 e. The number of hydroxylamine groups is 3. The van der Waals surface area contributed by atoms with Crippen LogP contribution in [-0.4, -0.2) is 58.4 Å². The monoisotopic (exact) mass is 483 g/mol. The van der Waals surface area contributed by atoms with Crippen molar-refractivity contribution < 1.29 is 24.3 Å². The first-order valence-corrected chi connectivity index (χ1v) is 13.7. The van der Waals surface area contributed by atoms with Crippen molar-refractivity contribution in [2.75, 3.05) is 20.2 Å². The van der Waals surface area contributed by atoms with Gasteiger partial charge in [0.1, 0.15) is 11.7 Å². The van der Waals surface area contributed by atoms with Gasteiger partial charge in [-0.1, -0.05) is 26.8 Å². The first-order chi connectivity index (χ1) is 16.4. The lowest BCUT2D eigenvalue weighted by atomic mass is 9.33. The Kier molecular flexibility index (Phi) is 4.16. The maximum atomic E-state index is 14.8. The fourth-order valence-corrected chi connectivity index (χ4v) is 9.87. The zero-order valence-electron chi connectivity index (χ0n) is 21.9. The van der Waals surface area contributed by atoms with Crippen LogP contribution in [-0.2, 0) is 16.6 Å². The van der Waals surface area contributed by atoms with Gasteiger partial charge in [-0.2, -0.15) is 0 Å². The Morgan fingerprint density at radius 2 is 1.91 bits per heavy atom. The number of rotatable bonds is 4. The molecule has 0 radical (unpaired) electrons. The molecule has 35 heavy (non-hydrogen) atoms. The third-order valence-electron chi connectivity index (χ3n) is 12.1. The van der Waals surface area contributed by atoms with E-state index in [4.69, 9.17) is 9.47 Å². The summed E-state index contributed by atoms with van der Waals surface area (Å²) in [5, 5.41) is 38.0. The summed E-state index contributed by atoms with van der Waals surface area (Å²) < 4.78 is 13.3. The highest BCUT2D eigenvalue weighted by Crippen LogP contribution is 2.78. The van der Waals surface area contributed by atoms with E-state index >= 15 is 0 Å². The van der Waals surface area contributed by atoms with Crippen molar-refractivity contribution in [2.24, 2.45) is 22.7 Å². The molecule has 0 amide bonds. The number of fused-ring (bicyclic) bond motifs is 2. The number of hydrogen-bond donors (Lipinski definition) is 2. The number of phenols is 1. The Labute approximate surface area is 208 Å². The quantitative estimate of drug-likeness (QED) is 0.489. The topological polar surface area (TPSA) is 82.0 Å². The average molecular weight is 484 g/mol. The minimum absolute atomic E-state index is 0.0423. The Balaban J connectivity index is 1.50. The predicted molar refractivity (Wildman–Crippen MR) is 132 cm³/mol. The maximum absolute atomic E-state index is 14.8. The van der Waals surface area contributed by atoms with Gasteiger partial charge in [0, 0.05) is 42.8 Å². The van der Waals surface area contributed by atoms with Gasteiger partial charge < -0.3 is 29.5 Å². The summed E-state index contributed by atoms with van der Waals surface area (Å²) >= 11 is 0. The van der Waals surface area contributed by atoms with Crippen molar-refractivity contribution in [1.29, 1.82) is 0 Å². The number of quaternary nitrogens is 1. The van der Waals surface area contributed by atoms with Crippen LogP contribution in [0.2, 0.25) is 0 Å². The van der Waals surface area contributed by atoms with Gasteiger partial charge in [-0.15, -0.1) is 0 Å². The summed E-state index contributed by atoms with van der Waals surface area (Å²) in [5.74, 6) is 1.20. The zero-order chi connectivity index (χ0) is 24.8. The van der Waals surface area contributed by atoms with Crippen LogP contribution in [0, 0.1) is 27.9 Å². The second-order valence-electron chi connectivity index (χ2n) is 14.2. The van der Waals surface area contributed by atoms with E-state index in [0.29, 0.717) is 18.2 Å². The lowest BCUT2D eigenvalue weighted by Gasteiger charge is -2.77. The summed E-state index contributed by atoms with van der Waals surface area (Å²) in [5.41, 5.74) is -0.317.